The maximum absolute atomic E-state index is 13.7. The molecule has 0 aromatic heterocycles. The molecule has 31 heavy (non-hydrogen) atoms. The average Bonchev–Trinajstić information content (AvgIpc) is 2.80. The Balaban J connectivity index is 1.51. The van der Waals surface area contributed by atoms with Gasteiger partial charge in [-0.3, -0.25) is 4.79 Å². The number of nitrogens with zero attached hydrogens (tertiary/aromatic N) is 2. The van der Waals surface area contributed by atoms with E-state index < -0.39 is 6.04 Å². The van der Waals surface area contributed by atoms with Crippen molar-refractivity contribution >= 4 is 5.91 Å². The zero-order chi connectivity index (χ0) is 21.8. The van der Waals surface area contributed by atoms with Crippen molar-refractivity contribution in [1.82, 2.24) is 4.90 Å². The lowest BCUT2D eigenvalue weighted by atomic mass is 9.74. The summed E-state index contributed by atoms with van der Waals surface area (Å²) in [6, 6.07) is 15.1. The van der Waals surface area contributed by atoms with Crippen LogP contribution in [0.5, 0.6) is 0 Å². The molecule has 1 N–H and O–H groups in total. The van der Waals surface area contributed by atoms with Gasteiger partial charge < -0.3 is 10.0 Å². The monoisotopic (exact) mass is 416 g/mol. The Hall–Kier alpha value is -3.15. The molecule has 2 fully saturated rings. The molecule has 1 saturated carbocycles. The van der Waals surface area contributed by atoms with Gasteiger partial charge in [-0.1, -0.05) is 55.4 Å². The highest BCUT2D eigenvalue weighted by atomic mass is 19.1. The van der Waals surface area contributed by atoms with Gasteiger partial charge in [-0.25, -0.2) is 4.39 Å². The first-order valence-electron chi connectivity index (χ1n) is 10.8. The number of rotatable bonds is 3. The van der Waals surface area contributed by atoms with Gasteiger partial charge in [-0.15, -0.1) is 0 Å². The Bertz CT molecular complexity index is 1040. The third-order valence-corrected chi connectivity index (χ3v) is 6.45. The van der Waals surface area contributed by atoms with Crippen LogP contribution in [0.15, 0.2) is 48.5 Å². The number of likely N-dealkylation sites (tertiary alicyclic amines) is 1. The molecule has 5 heteroatoms. The van der Waals surface area contributed by atoms with Crippen LogP contribution in [-0.4, -0.2) is 34.6 Å². The zero-order valence-corrected chi connectivity index (χ0v) is 17.3. The van der Waals surface area contributed by atoms with E-state index in [1.807, 2.05) is 24.3 Å². The van der Waals surface area contributed by atoms with E-state index in [-0.39, 0.29) is 36.2 Å². The average molecular weight is 416 g/mol. The van der Waals surface area contributed by atoms with Crippen LogP contribution < -0.4 is 0 Å². The predicted molar refractivity (Wildman–Crippen MR) is 115 cm³/mol. The van der Waals surface area contributed by atoms with Gasteiger partial charge in [0.25, 0.3) is 0 Å². The summed E-state index contributed by atoms with van der Waals surface area (Å²) in [6.07, 6.45) is 4.98. The van der Waals surface area contributed by atoms with Gasteiger partial charge in [0.1, 0.15) is 11.9 Å². The molecule has 2 aromatic rings. The molecule has 0 unspecified atom stereocenters. The highest BCUT2D eigenvalue weighted by Gasteiger charge is 2.52. The van der Waals surface area contributed by atoms with Gasteiger partial charge in [0.15, 0.2) is 0 Å². The van der Waals surface area contributed by atoms with Crippen molar-refractivity contribution in [2.24, 2.45) is 5.92 Å². The number of aliphatic hydroxyl groups excluding tert-OH is 1. The van der Waals surface area contributed by atoms with Gasteiger partial charge in [0.2, 0.25) is 5.91 Å². The number of hydrogen-bond acceptors (Lipinski definition) is 3. The van der Waals surface area contributed by atoms with Crippen LogP contribution in [0.4, 0.5) is 4.39 Å². The largest absolute Gasteiger partial charge is 0.394 e. The summed E-state index contributed by atoms with van der Waals surface area (Å²) in [4.78, 5) is 14.6. The second-order valence-electron chi connectivity index (χ2n) is 8.28. The second-order valence-corrected chi connectivity index (χ2v) is 8.28. The lowest BCUT2D eigenvalue weighted by Crippen LogP contribution is -2.66. The fourth-order valence-electron chi connectivity index (χ4n) is 4.76. The van der Waals surface area contributed by atoms with Crippen LogP contribution in [0.1, 0.15) is 54.7 Å². The summed E-state index contributed by atoms with van der Waals surface area (Å²) in [5, 5.41) is 19.7. The van der Waals surface area contributed by atoms with E-state index in [0.717, 1.165) is 43.2 Å². The van der Waals surface area contributed by atoms with E-state index in [2.05, 4.69) is 17.9 Å². The SMILES string of the molecule is N#C[C@@H]1[C@@H](c2ccc(C#Cc3ccccc3F)cc2)[C@@H](CO)N1C(=O)C1CCCCC1. The molecule has 0 bridgehead atoms. The molecule has 1 aliphatic heterocycles. The van der Waals surface area contributed by atoms with E-state index in [1.165, 1.54) is 6.07 Å². The van der Waals surface area contributed by atoms with Crippen molar-refractivity contribution in [3.05, 3.63) is 71.0 Å². The van der Waals surface area contributed by atoms with E-state index in [9.17, 15) is 19.6 Å². The third-order valence-electron chi connectivity index (χ3n) is 6.45. The van der Waals surface area contributed by atoms with Gasteiger partial charge in [-0.2, -0.15) is 5.26 Å². The van der Waals surface area contributed by atoms with Crippen molar-refractivity contribution in [2.45, 2.75) is 50.1 Å². The van der Waals surface area contributed by atoms with Gasteiger partial charge in [0, 0.05) is 17.4 Å². The number of benzene rings is 2. The van der Waals surface area contributed by atoms with E-state index in [1.54, 1.807) is 23.1 Å². The molecule has 2 aromatic carbocycles. The summed E-state index contributed by atoms with van der Waals surface area (Å²) in [7, 11) is 0. The van der Waals surface area contributed by atoms with Crippen LogP contribution in [0, 0.1) is 34.9 Å². The summed E-state index contributed by atoms with van der Waals surface area (Å²) in [5.41, 5.74) is 1.97. The van der Waals surface area contributed by atoms with Crippen LogP contribution in [-0.2, 0) is 4.79 Å². The normalized spacial score (nSPS) is 23.3. The van der Waals surface area contributed by atoms with Crippen molar-refractivity contribution < 1.29 is 14.3 Å². The highest BCUT2D eigenvalue weighted by Crippen LogP contribution is 2.42. The molecule has 4 rings (SSSR count). The van der Waals surface area contributed by atoms with Gasteiger partial charge in [-0.05, 0) is 42.7 Å². The van der Waals surface area contributed by atoms with Gasteiger partial charge in [0.05, 0.1) is 24.3 Å². The molecular weight excluding hydrogens is 391 g/mol. The number of amides is 1. The van der Waals surface area contributed by atoms with Crippen molar-refractivity contribution in [3.8, 4) is 17.9 Å². The van der Waals surface area contributed by atoms with E-state index >= 15 is 0 Å². The Labute approximate surface area is 182 Å². The van der Waals surface area contributed by atoms with Crippen LogP contribution in [0.2, 0.25) is 0 Å². The summed E-state index contributed by atoms with van der Waals surface area (Å²) in [6.45, 7) is -0.170. The lowest BCUT2D eigenvalue weighted by molar-refractivity contribution is -0.152. The molecule has 1 aliphatic carbocycles. The smallest absolute Gasteiger partial charge is 0.227 e. The number of carbonyl (C=O) groups is 1. The minimum atomic E-state index is -0.568. The minimum absolute atomic E-state index is 0.00826. The lowest BCUT2D eigenvalue weighted by Gasteiger charge is -2.52. The highest BCUT2D eigenvalue weighted by molar-refractivity contribution is 5.81. The Kier molecular flexibility index (Phi) is 6.35. The summed E-state index contributed by atoms with van der Waals surface area (Å²) >= 11 is 0. The summed E-state index contributed by atoms with van der Waals surface area (Å²) in [5.74, 6) is 5.18. The molecule has 158 valence electrons. The van der Waals surface area contributed by atoms with Gasteiger partial charge >= 0.3 is 0 Å². The molecule has 1 amide bonds. The van der Waals surface area contributed by atoms with E-state index in [0.29, 0.717) is 5.56 Å². The second kappa shape index (κ2) is 9.33. The Morgan fingerprint density at radius 3 is 2.42 bits per heavy atom. The Morgan fingerprint density at radius 1 is 1.06 bits per heavy atom. The minimum Gasteiger partial charge on any atom is -0.394 e. The van der Waals surface area contributed by atoms with Crippen molar-refractivity contribution in [3.63, 3.8) is 0 Å². The first kappa shape index (κ1) is 21.1. The number of hydrogen-bond donors (Lipinski definition) is 1. The van der Waals surface area contributed by atoms with Crippen LogP contribution in [0.3, 0.4) is 0 Å². The van der Waals surface area contributed by atoms with Crippen molar-refractivity contribution in [1.29, 1.82) is 5.26 Å². The first-order chi connectivity index (χ1) is 15.1. The summed E-state index contributed by atoms with van der Waals surface area (Å²) < 4.78 is 13.7. The number of nitriles is 1. The number of aliphatic hydroxyl groups is 1. The fraction of sp³-hybridized carbons (Fsp3) is 0.385. The molecule has 3 atom stereocenters. The zero-order valence-electron chi connectivity index (χ0n) is 17.3. The molecule has 1 saturated heterocycles. The first-order valence-corrected chi connectivity index (χ1v) is 10.8. The van der Waals surface area contributed by atoms with Crippen LogP contribution in [0.25, 0.3) is 0 Å². The maximum atomic E-state index is 13.7. The molecule has 0 spiro atoms. The van der Waals surface area contributed by atoms with Crippen molar-refractivity contribution in [2.75, 3.05) is 6.61 Å². The maximum Gasteiger partial charge on any atom is 0.227 e. The fourth-order valence-corrected chi connectivity index (χ4v) is 4.76. The van der Waals surface area contributed by atoms with Crippen LogP contribution >= 0.6 is 0 Å². The third kappa shape index (κ3) is 4.20. The number of carbonyl (C=O) groups excluding carboxylic acids is 1. The Morgan fingerprint density at radius 2 is 1.77 bits per heavy atom. The molecule has 4 nitrogen and oxygen atoms in total. The van der Waals surface area contributed by atoms with E-state index in [4.69, 9.17) is 0 Å². The standard InChI is InChI=1S/C26H25FN2O2/c27-22-9-5-4-6-19(22)13-10-18-11-14-20(15-12-18)25-23(16-28)29(24(25)17-30)26(31)21-7-2-1-3-8-21/h4-6,9,11-12,14-15,21,23-25,30H,1-3,7-8,17H2/t23-,24-,25-/m1/s1. The number of halogens is 1. The quantitative estimate of drug-likeness (QED) is 0.770. The molecule has 1 heterocycles. The molecule has 0 radical (unpaired) electrons. The molecule has 2 aliphatic rings. The molecular formula is C26H25FN2O2. The predicted octanol–water partition coefficient (Wildman–Crippen LogP) is 3.98. The topological polar surface area (TPSA) is 64.3 Å².